The number of aryl methyl sites for hydroxylation is 1. The second-order valence-electron chi connectivity index (χ2n) is 3.69. The minimum Gasteiger partial charge on any atom is -0.399 e. The molecule has 1 heteroatoms. The molecule has 1 aromatic rings. The van der Waals surface area contributed by atoms with Crippen molar-refractivity contribution in [3.63, 3.8) is 0 Å². The van der Waals surface area contributed by atoms with Crippen LogP contribution in [0.4, 0.5) is 5.69 Å². The molecule has 0 amide bonds. The monoisotopic (exact) mass is 173 g/mol. The maximum atomic E-state index is 5.77. The van der Waals surface area contributed by atoms with Gasteiger partial charge >= 0.3 is 0 Å². The number of benzene rings is 1. The Bertz CT molecular complexity index is 350. The minimum atomic E-state index is 0.891. The molecule has 0 unspecified atom stereocenters. The first-order valence-corrected chi connectivity index (χ1v) is 4.83. The third-order valence-electron chi connectivity index (χ3n) is 2.68. The summed E-state index contributed by atoms with van der Waals surface area (Å²) in [5, 5.41) is 0. The van der Waals surface area contributed by atoms with Crippen molar-refractivity contribution in [3.8, 4) is 0 Å². The van der Waals surface area contributed by atoms with Crippen molar-refractivity contribution in [1.29, 1.82) is 0 Å². The highest BCUT2D eigenvalue weighted by molar-refractivity contribution is 5.69. The first-order valence-electron chi connectivity index (χ1n) is 4.83. The number of rotatable bonds is 1. The smallest absolute Gasteiger partial charge is 0.0344 e. The number of hydrogen-bond donors (Lipinski definition) is 1. The summed E-state index contributed by atoms with van der Waals surface area (Å²) in [6.45, 7) is 2.06. The van der Waals surface area contributed by atoms with Crippen LogP contribution in [-0.2, 0) is 0 Å². The number of allylic oxidation sites excluding steroid dienone is 2. The van der Waals surface area contributed by atoms with E-state index in [9.17, 15) is 0 Å². The Morgan fingerprint density at radius 1 is 1.31 bits per heavy atom. The molecule has 0 fully saturated rings. The van der Waals surface area contributed by atoms with Gasteiger partial charge in [0.15, 0.2) is 0 Å². The summed E-state index contributed by atoms with van der Waals surface area (Å²) < 4.78 is 0. The minimum absolute atomic E-state index is 0.891. The lowest BCUT2D eigenvalue weighted by atomic mass is 10.0. The summed E-state index contributed by atoms with van der Waals surface area (Å²) >= 11 is 0. The fourth-order valence-corrected chi connectivity index (χ4v) is 1.81. The third-order valence-corrected chi connectivity index (χ3v) is 2.68. The Kier molecular flexibility index (Phi) is 2.09. The Morgan fingerprint density at radius 2 is 2.15 bits per heavy atom. The fraction of sp³-hybridized carbons (Fsp3) is 0.333. The highest BCUT2D eigenvalue weighted by Crippen LogP contribution is 2.28. The fourth-order valence-electron chi connectivity index (χ4n) is 1.81. The van der Waals surface area contributed by atoms with Crippen LogP contribution >= 0.6 is 0 Å². The van der Waals surface area contributed by atoms with Crippen molar-refractivity contribution in [1.82, 2.24) is 0 Å². The summed E-state index contributed by atoms with van der Waals surface area (Å²) in [7, 11) is 0. The average molecular weight is 173 g/mol. The molecule has 0 spiro atoms. The van der Waals surface area contributed by atoms with E-state index in [1.807, 2.05) is 6.07 Å². The first kappa shape index (κ1) is 8.36. The molecule has 1 aliphatic carbocycles. The van der Waals surface area contributed by atoms with Gasteiger partial charge in [-0.25, -0.2) is 0 Å². The first-order chi connectivity index (χ1) is 6.27. The molecule has 2 N–H and O–H groups in total. The average Bonchev–Trinajstić information content (AvgIpc) is 2.62. The van der Waals surface area contributed by atoms with Gasteiger partial charge < -0.3 is 5.73 Å². The topological polar surface area (TPSA) is 26.0 Å². The van der Waals surface area contributed by atoms with E-state index in [0.29, 0.717) is 0 Å². The lowest BCUT2D eigenvalue weighted by Crippen LogP contribution is -1.90. The van der Waals surface area contributed by atoms with Crippen LogP contribution in [0, 0.1) is 6.92 Å². The largest absolute Gasteiger partial charge is 0.399 e. The molecular formula is C12H15N. The van der Waals surface area contributed by atoms with Crippen molar-refractivity contribution in [2.75, 3.05) is 5.73 Å². The van der Waals surface area contributed by atoms with Crippen molar-refractivity contribution in [3.05, 3.63) is 35.4 Å². The van der Waals surface area contributed by atoms with Crippen LogP contribution in [0.1, 0.15) is 30.4 Å². The number of anilines is 1. The summed E-state index contributed by atoms with van der Waals surface area (Å²) in [6.07, 6.45) is 6.10. The maximum absolute atomic E-state index is 5.77. The van der Waals surface area contributed by atoms with Gasteiger partial charge in [-0.05, 0) is 55.0 Å². The van der Waals surface area contributed by atoms with Gasteiger partial charge in [0.1, 0.15) is 0 Å². The SMILES string of the molecule is Cc1cc(C2=CCCC2)ccc1N. The Balaban J connectivity index is 2.36. The second-order valence-corrected chi connectivity index (χ2v) is 3.69. The molecule has 0 atom stereocenters. The molecule has 0 aliphatic heterocycles. The maximum Gasteiger partial charge on any atom is 0.0344 e. The predicted molar refractivity (Wildman–Crippen MR) is 57.4 cm³/mol. The summed E-state index contributed by atoms with van der Waals surface area (Å²) in [4.78, 5) is 0. The number of nitrogens with two attached hydrogens (primary N) is 1. The zero-order valence-electron chi connectivity index (χ0n) is 8.01. The molecule has 0 saturated heterocycles. The lowest BCUT2D eigenvalue weighted by Gasteiger charge is -2.05. The number of hydrogen-bond acceptors (Lipinski definition) is 1. The van der Waals surface area contributed by atoms with E-state index < -0.39 is 0 Å². The van der Waals surface area contributed by atoms with Crippen LogP contribution in [0.5, 0.6) is 0 Å². The molecule has 68 valence electrons. The van der Waals surface area contributed by atoms with Gasteiger partial charge in [-0.15, -0.1) is 0 Å². The van der Waals surface area contributed by atoms with Gasteiger partial charge in [0, 0.05) is 5.69 Å². The summed E-state index contributed by atoms with van der Waals surface area (Å²) in [5.41, 5.74) is 10.7. The highest BCUT2D eigenvalue weighted by atomic mass is 14.5. The van der Waals surface area contributed by atoms with Crippen LogP contribution in [0.25, 0.3) is 5.57 Å². The molecule has 2 rings (SSSR count). The van der Waals surface area contributed by atoms with Crippen LogP contribution in [-0.4, -0.2) is 0 Å². The van der Waals surface area contributed by atoms with Gasteiger partial charge in [-0.3, -0.25) is 0 Å². The summed E-state index contributed by atoms with van der Waals surface area (Å²) in [6, 6.07) is 6.32. The molecule has 0 heterocycles. The van der Waals surface area contributed by atoms with Crippen LogP contribution in [0.3, 0.4) is 0 Å². The molecule has 0 saturated carbocycles. The standard InChI is InChI=1S/C12H15N/c1-9-8-11(6-7-12(9)13)10-4-2-3-5-10/h4,6-8H,2-3,5,13H2,1H3. The van der Waals surface area contributed by atoms with Gasteiger partial charge in [0.25, 0.3) is 0 Å². The van der Waals surface area contributed by atoms with Gasteiger partial charge in [0.2, 0.25) is 0 Å². The van der Waals surface area contributed by atoms with E-state index in [4.69, 9.17) is 5.73 Å². The number of nitrogen functional groups attached to an aromatic ring is 1. The van der Waals surface area contributed by atoms with E-state index in [1.165, 1.54) is 36.0 Å². The second kappa shape index (κ2) is 3.25. The predicted octanol–water partition coefficient (Wildman–Crippen LogP) is 3.14. The van der Waals surface area contributed by atoms with Gasteiger partial charge in [-0.1, -0.05) is 12.1 Å². The van der Waals surface area contributed by atoms with Crippen molar-refractivity contribution in [2.45, 2.75) is 26.2 Å². The molecule has 13 heavy (non-hydrogen) atoms. The Morgan fingerprint density at radius 3 is 2.77 bits per heavy atom. The van der Waals surface area contributed by atoms with Gasteiger partial charge in [-0.2, -0.15) is 0 Å². The van der Waals surface area contributed by atoms with Gasteiger partial charge in [0.05, 0.1) is 0 Å². The Labute approximate surface area is 79.3 Å². The van der Waals surface area contributed by atoms with Crippen LogP contribution in [0.2, 0.25) is 0 Å². The normalized spacial score (nSPS) is 15.9. The quantitative estimate of drug-likeness (QED) is 0.649. The zero-order chi connectivity index (χ0) is 9.26. The lowest BCUT2D eigenvalue weighted by molar-refractivity contribution is 0.935. The molecule has 1 aliphatic rings. The summed E-state index contributed by atoms with van der Waals surface area (Å²) in [5.74, 6) is 0. The van der Waals surface area contributed by atoms with E-state index in [0.717, 1.165) is 5.69 Å². The van der Waals surface area contributed by atoms with Crippen molar-refractivity contribution >= 4 is 11.3 Å². The molecule has 0 bridgehead atoms. The van der Waals surface area contributed by atoms with E-state index >= 15 is 0 Å². The molecular weight excluding hydrogens is 158 g/mol. The van der Waals surface area contributed by atoms with E-state index in [2.05, 4.69) is 25.1 Å². The molecule has 1 nitrogen and oxygen atoms in total. The third kappa shape index (κ3) is 1.59. The highest BCUT2D eigenvalue weighted by Gasteiger charge is 2.07. The Hall–Kier alpha value is -1.24. The van der Waals surface area contributed by atoms with Crippen molar-refractivity contribution in [2.24, 2.45) is 0 Å². The van der Waals surface area contributed by atoms with E-state index in [1.54, 1.807) is 0 Å². The molecule has 0 aromatic heterocycles. The zero-order valence-corrected chi connectivity index (χ0v) is 8.01. The molecule has 0 radical (unpaired) electrons. The van der Waals surface area contributed by atoms with E-state index in [-0.39, 0.29) is 0 Å². The van der Waals surface area contributed by atoms with Crippen LogP contribution < -0.4 is 5.73 Å². The molecule has 1 aromatic carbocycles. The van der Waals surface area contributed by atoms with Crippen LogP contribution in [0.15, 0.2) is 24.3 Å². The van der Waals surface area contributed by atoms with Crippen molar-refractivity contribution < 1.29 is 0 Å².